The van der Waals surface area contributed by atoms with E-state index in [4.69, 9.17) is 5.73 Å². The van der Waals surface area contributed by atoms with Gasteiger partial charge in [-0.05, 0) is 20.9 Å². The van der Waals surface area contributed by atoms with Crippen LogP contribution in [0.3, 0.4) is 0 Å². The molecule has 2 aromatic heterocycles. The van der Waals surface area contributed by atoms with Crippen LogP contribution in [0.15, 0.2) is 18.6 Å². The molecule has 104 valence electrons. The van der Waals surface area contributed by atoms with Gasteiger partial charge in [0.1, 0.15) is 0 Å². The van der Waals surface area contributed by atoms with E-state index in [0.29, 0.717) is 12.6 Å². The third kappa shape index (κ3) is 3.21. The van der Waals surface area contributed by atoms with Gasteiger partial charge in [0.05, 0.1) is 18.1 Å². The van der Waals surface area contributed by atoms with Gasteiger partial charge in [0, 0.05) is 43.0 Å². The minimum atomic E-state index is 0.361. The standard InChI is InChI=1S/C13H22N6/c1-10(2)19-9-12(7-16-19)13-11(6-15-17-13)8-18(3)5-4-14/h6-7,9-10H,4-5,8,14H2,1-3H3,(H,15,17). The molecule has 2 aromatic rings. The van der Waals surface area contributed by atoms with Crippen molar-refractivity contribution in [2.75, 3.05) is 20.1 Å². The van der Waals surface area contributed by atoms with Crippen molar-refractivity contribution < 1.29 is 0 Å². The Morgan fingerprint density at radius 3 is 2.84 bits per heavy atom. The van der Waals surface area contributed by atoms with Crippen molar-refractivity contribution in [3.8, 4) is 11.3 Å². The summed E-state index contributed by atoms with van der Waals surface area (Å²) in [6.07, 6.45) is 5.79. The van der Waals surface area contributed by atoms with Gasteiger partial charge in [0.25, 0.3) is 0 Å². The van der Waals surface area contributed by atoms with Crippen molar-refractivity contribution in [1.82, 2.24) is 24.9 Å². The number of likely N-dealkylation sites (N-methyl/N-ethyl adjacent to an activating group) is 1. The maximum atomic E-state index is 5.57. The number of aromatic nitrogens is 4. The Morgan fingerprint density at radius 1 is 1.42 bits per heavy atom. The van der Waals surface area contributed by atoms with E-state index in [-0.39, 0.29) is 0 Å². The maximum Gasteiger partial charge on any atom is 0.0726 e. The molecule has 0 bridgehead atoms. The highest BCUT2D eigenvalue weighted by Gasteiger charge is 2.12. The molecule has 0 atom stereocenters. The highest BCUT2D eigenvalue weighted by Crippen LogP contribution is 2.22. The van der Waals surface area contributed by atoms with Gasteiger partial charge in [-0.3, -0.25) is 9.78 Å². The highest BCUT2D eigenvalue weighted by molar-refractivity contribution is 5.60. The smallest absolute Gasteiger partial charge is 0.0726 e. The molecule has 0 unspecified atom stereocenters. The number of hydrogen-bond donors (Lipinski definition) is 2. The zero-order chi connectivity index (χ0) is 13.8. The van der Waals surface area contributed by atoms with Crippen LogP contribution in [0, 0.1) is 0 Å². The zero-order valence-electron chi connectivity index (χ0n) is 11.8. The lowest BCUT2D eigenvalue weighted by Crippen LogP contribution is -2.25. The molecule has 0 saturated heterocycles. The first kappa shape index (κ1) is 13.8. The van der Waals surface area contributed by atoms with Gasteiger partial charge < -0.3 is 10.6 Å². The lowest BCUT2D eigenvalue weighted by Gasteiger charge is -2.14. The second kappa shape index (κ2) is 5.99. The second-order valence-corrected chi connectivity index (χ2v) is 5.10. The third-order valence-electron chi connectivity index (χ3n) is 3.09. The summed E-state index contributed by atoms with van der Waals surface area (Å²) in [5.41, 5.74) is 8.84. The molecule has 0 aliphatic rings. The Morgan fingerprint density at radius 2 is 2.21 bits per heavy atom. The summed E-state index contributed by atoms with van der Waals surface area (Å²) in [7, 11) is 2.06. The molecule has 0 aliphatic carbocycles. The SMILES string of the molecule is CC(C)n1cc(-c2[nH]ncc2CN(C)CCN)cn1. The summed E-state index contributed by atoms with van der Waals surface area (Å²) < 4.78 is 1.95. The Hall–Kier alpha value is -1.66. The fourth-order valence-corrected chi connectivity index (χ4v) is 2.02. The van der Waals surface area contributed by atoms with Crippen LogP contribution in [0.4, 0.5) is 0 Å². The van der Waals surface area contributed by atoms with E-state index < -0.39 is 0 Å². The summed E-state index contributed by atoms with van der Waals surface area (Å²) in [6, 6.07) is 0.361. The van der Waals surface area contributed by atoms with Gasteiger partial charge in [-0.15, -0.1) is 0 Å². The highest BCUT2D eigenvalue weighted by atomic mass is 15.3. The number of nitrogens with one attached hydrogen (secondary N) is 1. The maximum absolute atomic E-state index is 5.57. The third-order valence-corrected chi connectivity index (χ3v) is 3.09. The monoisotopic (exact) mass is 262 g/mol. The molecular weight excluding hydrogens is 240 g/mol. The van der Waals surface area contributed by atoms with E-state index in [9.17, 15) is 0 Å². The van der Waals surface area contributed by atoms with Gasteiger partial charge in [0.15, 0.2) is 0 Å². The Balaban J connectivity index is 2.18. The van der Waals surface area contributed by atoms with Gasteiger partial charge in [-0.1, -0.05) is 0 Å². The molecule has 0 aliphatic heterocycles. The molecule has 0 spiro atoms. The molecule has 2 heterocycles. The molecule has 0 saturated carbocycles. The van der Waals surface area contributed by atoms with Crippen LogP contribution in [-0.2, 0) is 6.54 Å². The van der Waals surface area contributed by atoms with E-state index in [0.717, 1.165) is 24.3 Å². The lowest BCUT2D eigenvalue weighted by atomic mass is 10.1. The van der Waals surface area contributed by atoms with Crippen molar-refractivity contribution in [2.24, 2.45) is 5.73 Å². The molecular formula is C13H22N6. The van der Waals surface area contributed by atoms with Crippen molar-refractivity contribution in [2.45, 2.75) is 26.4 Å². The number of nitrogens with two attached hydrogens (primary N) is 1. The molecule has 0 aromatic carbocycles. The molecule has 0 amide bonds. The molecule has 3 N–H and O–H groups in total. The summed E-state index contributed by atoms with van der Waals surface area (Å²) in [4.78, 5) is 2.18. The van der Waals surface area contributed by atoms with E-state index in [1.54, 1.807) is 0 Å². The summed E-state index contributed by atoms with van der Waals surface area (Å²) in [5.74, 6) is 0. The summed E-state index contributed by atoms with van der Waals surface area (Å²) >= 11 is 0. The first-order chi connectivity index (χ1) is 9.11. The first-order valence-electron chi connectivity index (χ1n) is 6.57. The Bertz CT molecular complexity index is 513. The second-order valence-electron chi connectivity index (χ2n) is 5.10. The first-order valence-corrected chi connectivity index (χ1v) is 6.57. The quantitative estimate of drug-likeness (QED) is 0.821. The molecule has 6 heteroatoms. The van der Waals surface area contributed by atoms with Gasteiger partial charge in [0.2, 0.25) is 0 Å². The number of rotatable bonds is 6. The molecule has 19 heavy (non-hydrogen) atoms. The van der Waals surface area contributed by atoms with Crippen LogP contribution in [0.25, 0.3) is 11.3 Å². The van der Waals surface area contributed by atoms with Crippen LogP contribution in [0.5, 0.6) is 0 Å². The number of H-pyrrole nitrogens is 1. The van der Waals surface area contributed by atoms with Crippen LogP contribution in [0.2, 0.25) is 0 Å². The average molecular weight is 262 g/mol. The van der Waals surface area contributed by atoms with Gasteiger partial charge in [-0.25, -0.2) is 0 Å². The minimum absolute atomic E-state index is 0.361. The molecule has 0 radical (unpaired) electrons. The fourth-order valence-electron chi connectivity index (χ4n) is 2.02. The van der Waals surface area contributed by atoms with Crippen molar-refractivity contribution in [3.05, 3.63) is 24.2 Å². The van der Waals surface area contributed by atoms with E-state index in [1.165, 1.54) is 5.56 Å². The number of aromatic amines is 1. The summed E-state index contributed by atoms with van der Waals surface area (Å²) in [6.45, 7) is 6.58. The van der Waals surface area contributed by atoms with E-state index in [2.05, 4.69) is 41.1 Å². The van der Waals surface area contributed by atoms with Gasteiger partial charge in [-0.2, -0.15) is 10.2 Å². The van der Waals surface area contributed by atoms with Crippen LogP contribution < -0.4 is 5.73 Å². The van der Waals surface area contributed by atoms with Crippen LogP contribution in [-0.4, -0.2) is 45.0 Å². The number of nitrogens with zero attached hydrogens (tertiary/aromatic N) is 4. The number of hydrogen-bond acceptors (Lipinski definition) is 4. The zero-order valence-corrected chi connectivity index (χ0v) is 11.8. The summed E-state index contributed by atoms with van der Waals surface area (Å²) in [5, 5.41) is 11.6. The Kier molecular flexibility index (Phi) is 4.34. The van der Waals surface area contributed by atoms with Crippen molar-refractivity contribution in [3.63, 3.8) is 0 Å². The van der Waals surface area contributed by atoms with Crippen LogP contribution >= 0.6 is 0 Å². The predicted molar refractivity (Wildman–Crippen MR) is 75.6 cm³/mol. The fraction of sp³-hybridized carbons (Fsp3) is 0.538. The molecule has 2 rings (SSSR count). The predicted octanol–water partition coefficient (Wildman–Crippen LogP) is 1.24. The largest absolute Gasteiger partial charge is 0.329 e. The Labute approximate surface area is 113 Å². The lowest BCUT2D eigenvalue weighted by molar-refractivity contribution is 0.337. The topological polar surface area (TPSA) is 75.8 Å². The van der Waals surface area contributed by atoms with E-state index in [1.807, 2.05) is 23.3 Å². The average Bonchev–Trinajstić information content (AvgIpc) is 2.96. The van der Waals surface area contributed by atoms with Crippen molar-refractivity contribution in [1.29, 1.82) is 0 Å². The van der Waals surface area contributed by atoms with Gasteiger partial charge >= 0.3 is 0 Å². The van der Waals surface area contributed by atoms with Crippen LogP contribution in [0.1, 0.15) is 25.5 Å². The van der Waals surface area contributed by atoms with Crippen molar-refractivity contribution >= 4 is 0 Å². The normalized spacial score (nSPS) is 11.7. The van der Waals surface area contributed by atoms with E-state index >= 15 is 0 Å². The molecule has 0 fully saturated rings. The minimum Gasteiger partial charge on any atom is -0.329 e. The molecule has 6 nitrogen and oxygen atoms in total.